The van der Waals surface area contributed by atoms with Gasteiger partial charge in [0.2, 0.25) is 0 Å². The molecule has 0 radical (unpaired) electrons. The Hall–Kier alpha value is -3.35. The first-order valence-corrected chi connectivity index (χ1v) is 10.1. The van der Waals surface area contributed by atoms with Crippen molar-refractivity contribution in [2.24, 2.45) is 0 Å². The van der Waals surface area contributed by atoms with Gasteiger partial charge in [0.15, 0.2) is 28.8 Å². The van der Waals surface area contributed by atoms with Gasteiger partial charge >= 0.3 is 0 Å². The van der Waals surface area contributed by atoms with Gasteiger partial charge in [-0.05, 0) is 30.5 Å². The summed E-state index contributed by atoms with van der Waals surface area (Å²) in [5.41, 5.74) is 4.33. The first kappa shape index (κ1) is 20.9. The topological polar surface area (TPSA) is 75.2 Å². The number of anilines is 1. The van der Waals surface area contributed by atoms with Crippen LogP contribution in [0.1, 0.15) is 36.3 Å². The molecule has 1 heterocycles. The maximum absolute atomic E-state index is 13.1. The zero-order valence-corrected chi connectivity index (χ0v) is 18.5. The lowest BCUT2D eigenvalue weighted by atomic mass is 9.75. The van der Waals surface area contributed by atoms with Gasteiger partial charge in [0.25, 0.3) is 0 Å². The van der Waals surface area contributed by atoms with Gasteiger partial charge in [-0.1, -0.05) is 0 Å². The molecule has 4 rings (SSSR count). The monoisotopic (exact) mass is 425 g/mol. The van der Waals surface area contributed by atoms with Crippen LogP contribution in [0.25, 0.3) is 0 Å². The summed E-state index contributed by atoms with van der Waals surface area (Å²) in [4.78, 5) is 13.1. The normalized spacial score (nSPS) is 17.3. The number of carbonyl (C=O) groups excluding carboxylic acids is 1. The number of Topliss-reactive ketones (excluding diaryl/α,β-unsaturated/α-hetero) is 1. The summed E-state index contributed by atoms with van der Waals surface area (Å²) in [5.74, 6) is 2.77. The van der Waals surface area contributed by atoms with Gasteiger partial charge in [-0.2, -0.15) is 0 Å². The van der Waals surface area contributed by atoms with E-state index in [1.807, 2.05) is 18.2 Å². The van der Waals surface area contributed by atoms with E-state index >= 15 is 0 Å². The van der Waals surface area contributed by atoms with E-state index in [2.05, 4.69) is 5.32 Å². The minimum Gasteiger partial charge on any atom is -0.496 e. The highest BCUT2D eigenvalue weighted by atomic mass is 16.5. The second kappa shape index (κ2) is 8.41. The Bertz CT molecular complexity index is 1060. The summed E-state index contributed by atoms with van der Waals surface area (Å²) >= 11 is 0. The van der Waals surface area contributed by atoms with Crippen molar-refractivity contribution in [3.05, 3.63) is 46.7 Å². The molecule has 2 aliphatic rings. The van der Waals surface area contributed by atoms with E-state index in [1.165, 1.54) is 0 Å². The highest BCUT2D eigenvalue weighted by Crippen LogP contribution is 2.51. The molecule has 2 aromatic carbocycles. The first-order chi connectivity index (χ1) is 15.1. The molecular formula is C24H27NO6. The largest absolute Gasteiger partial charge is 0.496 e. The number of allylic oxidation sites excluding steroid dienone is 2. The maximum Gasteiger partial charge on any atom is 0.164 e. The zero-order valence-electron chi connectivity index (χ0n) is 18.5. The quantitative estimate of drug-likeness (QED) is 0.740. The van der Waals surface area contributed by atoms with Crippen LogP contribution in [0.3, 0.4) is 0 Å². The Labute approximate surface area is 181 Å². The van der Waals surface area contributed by atoms with E-state index in [0.717, 1.165) is 40.9 Å². The summed E-state index contributed by atoms with van der Waals surface area (Å²) in [6, 6.07) is 7.52. The molecule has 0 saturated carbocycles. The molecule has 164 valence electrons. The number of nitrogens with one attached hydrogen (secondary N) is 1. The summed E-state index contributed by atoms with van der Waals surface area (Å²) < 4.78 is 27.8. The third kappa shape index (κ3) is 3.44. The van der Waals surface area contributed by atoms with Gasteiger partial charge in [0, 0.05) is 47.0 Å². The maximum atomic E-state index is 13.1. The third-order valence-corrected chi connectivity index (χ3v) is 5.94. The van der Waals surface area contributed by atoms with Crippen LogP contribution in [0.5, 0.6) is 28.7 Å². The van der Waals surface area contributed by atoms with Crippen LogP contribution in [-0.2, 0) is 4.79 Å². The van der Waals surface area contributed by atoms with Crippen molar-refractivity contribution in [1.29, 1.82) is 0 Å². The van der Waals surface area contributed by atoms with E-state index in [-0.39, 0.29) is 11.7 Å². The number of benzene rings is 2. The molecule has 31 heavy (non-hydrogen) atoms. The van der Waals surface area contributed by atoms with E-state index in [4.69, 9.17) is 23.7 Å². The minimum atomic E-state index is -0.339. The lowest BCUT2D eigenvalue weighted by Crippen LogP contribution is -2.27. The number of ketones is 1. The fourth-order valence-corrected chi connectivity index (χ4v) is 4.49. The smallest absolute Gasteiger partial charge is 0.164 e. The third-order valence-electron chi connectivity index (χ3n) is 5.94. The number of hydrogen-bond donors (Lipinski definition) is 1. The summed E-state index contributed by atoms with van der Waals surface area (Å²) in [6.45, 7) is 0. The van der Waals surface area contributed by atoms with E-state index in [1.54, 1.807) is 41.6 Å². The fraction of sp³-hybridized carbons (Fsp3) is 0.375. The predicted molar refractivity (Wildman–Crippen MR) is 117 cm³/mol. The summed E-state index contributed by atoms with van der Waals surface area (Å²) in [7, 11) is 7.99. The molecule has 1 atom stereocenters. The number of ether oxygens (including phenoxy) is 5. The molecule has 7 heteroatoms. The molecule has 0 amide bonds. The fourth-order valence-electron chi connectivity index (χ4n) is 4.49. The molecule has 0 bridgehead atoms. The van der Waals surface area contributed by atoms with Gasteiger partial charge in [0.05, 0.1) is 35.5 Å². The standard InChI is InChI=1S/C24H27NO6/c1-27-18-12-22(31-5)20(29-3)10-14(18)23-13-9-19(28-2)21(30-4)11-16(13)25-15-7-6-8-17(26)24(15)23/h9-12,23,25H,6-8H2,1-5H3/t23-/m1/s1. The van der Waals surface area contributed by atoms with Crippen LogP contribution in [0.2, 0.25) is 0 Å². The minimum absolute atomic E-state index is 0.135. The van der Waals surface area contributed by atoms with Crippen LogP contribution >= 0.6 is 0 Å². The lowest BCUT2D eigenvalue weighted by molar-refractivity contribution is -0.116. The van der Waals surface area contributed by atoms with Crippen LogP contribution in [0.4, 0.5) is 5.69 Å². The van der Waals surface area contributed by atoms with E-state index in [9.17, 15) is 4.79 Å². The average molecular weight is 425 g/mol. The van der Waals surface area contributed by atoms with Gasteiger partial charge in [0.1, 0.15) is 5.75 Å². The van der Waals surface area contributed by atoms with Crippen LogP contribution in [-0.4, -0.2) is 41.3 Å². The highest BCUT2D eigenvalue weighted by Gasteiger charge is 2.38. The Balaban J connectivity index is 2.01. The highest BCUT2D eigenvalue weighted by molar-refractivity contribution is 6.01. The van der Waals surface area contributed by atoms with Gasteiger partial charge in [-0.25, -0.2) is 0 Å². The lowest BCUT2D eigenvalue weighted by Gasteiger charge is -2.35. The number of methoxy groups -OCH3 is 5. The Morgan fingerprint density at radius 3 is 1.87 bits per heavy atom. The molecular weight excluding hydrogens is 398 g/mol. The molecule has 0 aromatic heterocycles. The van der Waals surface area contributed by atoms with Crippen molar-refractivity contribution in [2.45, 2.75) is 25.2 Å². The number of fused-ring (bicyclic) bond motifs is 1. The second-order valence-electron chi connectivity index (χ2n) is 7.47. The summed E-state index contributed by atoms with van der Waals surface area (Å²) in [5, 5.41) is 3.47. The zero-order chi connectivity index (χ0) is 22.1. The van der Waals surface area contributed by atoms with Crippen LogP contribution < -0.4 is 29.0 Å². The van der Waals surface area contributed by atoms with Gasteiger partial charge < -0.3 is 29.0 Å². The average Bonchev–Trinajstić information content (AvgIpc) is 2.81. The first-order valence-electron chi connectivity index (χ1n) is 10.1. The van der Waals surface area contributed by atoms with Crippen molar-refractivity contribution >= 4 is 11.5 Å². The van der Waals surface area contributed by atoms with Gasteiger partial charge in [-0.15, -0.1) is 0 Å². The Morgan fingerprint density at radius 1 is 0.710 bits per heavy atom. The van der Waals surface area contributed by atoms with Crippen molar-refractivity contribution < 1.29 is 28.5 Å². The molecule has 7 nitrogen and oxygen atoms in total. The molecule has 0 fully saturated rings. The number of hydrogen-bond acceptors (Lipinski definition) is 7. The van der Waals surface area contributed by atoms with E-state index in [0.29, 0.717) is 35.2 Å². The van der Waals surface area contributed by atoms with Crippen LogP contribution in [0.15, 0.2) is 35.5 Å². The molecule has 1 N–H and O–H groups in total. The SMILES string of the molecule is COc1cc2c(cc1OC)[C@H](c1cc(OC)c(OC)cc1OC)C1=C(CCCC1=O)N2. The predicted octanol–water partition coefficient (Wildman–Crippen LogP) is 4.29. The van der Waals surface area contributed by atoms with E-state index < -0.39 is 0 Å². The van der Waals surface area contributed by atoms with Crippen molar-refractivity contribution in [3.8, 4) is 28.7 Å². The second-order valence-corrected chi connectivity index (χ2v) is 7.47. The van der Waals surface area contributed by atoms with Crippen LogP contribution in [0, 0.1) is 0 Å². The number of carbonyl (C=O) groups is 1. The van der Waals surface area contributed by atoms with Crippen molar-refractivity contribution in [1.82, 2.24) is 0 Å². The molecule has 1 aliphatic carbocycles. The number of rotatable bonds is 6. The molecule has 0 spiro atoms. The Kier molecular flexibility index (Phi) is 5.67. The van der Waals surface area contributed by atoms with Gasteiger partial charge in [-0.3, -0.25) is 4.79 Å². The van der Waals surface area contributed by atoms with Crippen molar-refractivity contribution in [2.75, 3.05) is 40.9 Å². The molecule has 2 aromatic rings. The molecule has 1 aliphatic heterocycles. The van der Waals surface area contributed by atoms with Crippen molar-refractivity contribution in [3.63, 3.8) is 0 Å². The summed E-state index contributed by atoms with van der Waals surface area (Å²) in [6.07, 6.45) is 2.15. The molecule has 0 saturated heterocycles. The Morgan fingerprint density at radius 2 is 1.26 bits per heavy atom. The molecule has 0 unspecified atom stereocenters.